The molecule has 5 rings (SSSR count). The van der Waals surface area contributed by atoms with Crippen LogP contribution in [0.5, 0.6) is 23.0 Å². The molecule has 8 nitrogen and oxygen atoms in total. The Balaban J connectivity index is 1.46. The number of fused-ring (bicyclic) bond motifs is 2. The average Bonchev–Trinajstić information content (AvgIpc) is 3.09. The minimum absolute atomic E-state index is 0.0476. The maximum absolute atomic E-state index is 12.8. The smallest absolute Gasteiger partial charge is 0.259 e. The van der Waals surface area contributed by atoms with Crippen molar-refractivity contribution in [3.8, 4) is 34.3 Å². The van der Waals surface area contributed by atoms with Gasteiger partial charge in [-0.3, -0.25) is 9.59 Å². The van der Waals surface area contributed by atoms with Crippen LogP contribution in [0.1, 0.15) is 25.7 Å². The van der Waals surface area contributed by atoms with Gasteiger partial charge in [-0.2, -0.15) is 0 Å². The molecule has 0 spiro atoms. The lowest BCUT2D eigenvalue weighted by Gasteiger charge is -2.28. The second-order valence-corrected chi connectivity index (χ2v) is 9.54. The molecule has 1 N–H and O–H groups in total. The third kappa shape index (κ3) is 4.52. The van der Waals surface area contributed by atoms with E-state index in [1.807, 2.05) is 6.07 Å². The molecule has 35 heavy (non-hydrogen) atoms. The van der Waals surface area contributed by atoms with E-state index in [-0.39, 0.29) is 46.5 Å². The molecule has 1 aromatic heterocycles. The molecule has 2 atom stereocenters. The summed E-state index contributed by atoms with van der Waals surface area (Å²) in [5, 5.41) is 10.5. The highest BCUT2D eigenvalue weighted by Crippen LogP contribution is 2.48. The summed E-state index contributed by atoms with van der Waals surface area (Å²) in [7, 11) is 4.85. The molecule has 0 aliphatic heterocycles. The van der Waals surface area contributed by atoms with Gasteiger partial charge in [-0.15, -0.1) is 0 Å². The maximum Gasteiger partial charge on any atom is 0.259 e. The van der Waals surface area contributed by atoms with Gasteiger partial charge in [0, 0.05) is 37.9 Å². The number of carbonyl (C=O) groups excluding carboxylic acids is 1. The van der Waals surface area contributed by atoms with E-state index >= 15 is 0 Å². The molecular formula is C27H29NO7. The highest BCUT2D eigenvalue weighted by atomic mass is 16.5. The van der Waals surface area contributed by atoms with E-state index in [0.717, 1.165) is 24.7 Å². The number of aromatic hydroxyl groups is 1. The SMILES string of the molecule is COc1ccc(-c2cc(=O)c3c(O)cc(OCC(=O)N(C)C)cc3o2)cc1OC1CC2CCC2C1. The Morgan fingerprint density at radius 1 is 1.09 bits per heavy atom. The zero-order chi connectivity index (χ0) is 24.7. The van der Waals surface area contributed by atoms with Crippen LogP contribution in [0.2, 0.25) is 0 Å². The Morgan fingerprint density at radius 3 is 2.49 bits per heavy atom. The number of amides is 1. The van der Waals surface area contributed by atoms with Gasteiger partial charge in [0.2, 0.25) is 0 Å². The van der Waals surface area contributed by atoms with Crippen molar-refractivity contribution in [1.82, 2.24) is 4.90 Å². The van der Waals surface area contributed by atoms with Crippen LogP contribution in [-0.2, 0) is 4.79 Å². The van der Waals surface area contributed by atoms with Crippen molar-refractivity contribution < 1.29 is 28.5 Å². The van der Waals surface area contributed by atoms with Gasteiger partial charge in [0.05, 0.1) is 13.2 Å². The van der Waals surface area contributed by atoms with Gasteiger partial charge in [-0.1, -0.05) is 0 Å². The van der Waals surface area contributed by atoms with Crippen molar-refractivity contribution in [2.45, 2.75) is 31.8 Å². The lowest BCUT2D eigenvalue weighted by molar-refractivity contribution is -0.130. The van der Waals surface area contributed by atoms with Crippen LogP contribution >= 0.6 is 0 Å². The van der Waals surface area contributed by atoms with Crippen molar-refractivity contribution in [3.05, 3.63) is 46.6 Å². The molecule has 2 aromatic carbocycles. The molecule has 0 bridgehead atoms. The number of rotatable bonds is 7. The van der Waals surface area contributed by atoms with E-state index in [0.29, 0.717) is 22.8 Å². The van der Waals surface area contributed by atoms with Crippen LogP contribution in [0.25, 0.3) is 22.3 Å². The molecule has 1 heterocycles. The molecule has 2 unspecified atom stereocenters. The predicted molar refractivity (Wildman–Crippen MR) is 130 cm³/mol. The quantitative estimate of drug-likeness (QED) is 0.542. The van der Waals surface area contributed by atoms with Crippen LogP contribution in [-0.4, -0.2) is 49.8 Å². The summed E-state index contributed by atoms with van der Waals surface area (Å²) in [5.74, 6) is 2.80. The van der Waals surface area contributed by atoms with Crippen LogP contribution < -0.4 is 19.6 Å². The molecular weight excluding hydrogens is 450 g/mol. The molecule has 8 heteroatoms. The number of phenols is 1. The average molecular weight is 480 g/mol. The van der Waals surface area contributed by atoms with Gasteiger partial charge in [-0.05, 0) is 55.7 Å². The largest absolute Gasteiger partial charge is 0.507 e. The third-order valence-corrected chi connectivity index (χ3v) is 7.09. The van der Waals surface area contributed by atoms with Crippen molar-refractivity contribution in [2.24, 2.45) is 11.8 Å². The number of methoxy groups -OCH3 is 1. The summed E-state index contributed by atoms with van der Waals surface area (Å²) >= 11 is 0. The minimum atomic E-state index is -0.389. The molecule has 2 aliphatic carbocycles. The normalized spacial score (nSPS) is 20.7. The fourth-order valence-electron chi connectivity index (χ4n) is 4.97. The van der Waals surface area contributed by atoms with E-state index in [9.17, 15) is 14.7 Å². The number of ether oxygens (including phenoxy) is 3. The number of nitrogens with zero attached hydrogens (tertiary/aromatic N) is 1. The van der Waals surface area contributed by atoms with Crippen molar-refractivity contribution >= 4 is 16.9 Å². The molecule has 184 valence electrons. The van der Waals surface area contributed by atoms with Gasteiger partial charge in [0.15, 0.2) is 23.5 Å². The summed E-state index contributed by atoms with van der Waals surface area (Å²) in [6.07, 6.45) is 4.84. The lowest BCUT2D eigenvalue weighted by atomic mass is 9.77. The van der Waals surface area contributed by atoms with Crippen LogP contribution in [0.3, 0.4) is 0 Å². The zero-order valence-electron chi connectivity index (χ0n) is 20.1. The summed E-state index contributed by atoms with van der Waals surface area (Å²) in [6.45, 7) is -0.204. The van der Waals surface area contributed by atoms with Gasteiger partial charge >= 0.3 is 0 Å². The maximum atomic E-state index is 12.8. The second-order valence-electron chi connectivity index (χ2n) is 9.54. The number of phenolic OH excluding ortho intramolecular Hbond substituents is 1. The van der Waals surface area contributed by atoms with Gasteiger partial charge in [-0.25, -0.2) is 0 Å². The van der Waals surface area contributed by atoms with E-state index in [1.165, 1.54) is 35.9 Å². The van der Waals surface area contributed by atoms with E-state index in [2.05, 4.69) is 0 Å². The van der Waals surface area contributed by atoms with Crippen LogP contribution in [0.4, 0.5) is 0 Å². The second kappa shape index (κ2) is 9.17. The fraction of sp³-hybridized carbons (Fsp3) is 0.407. The van der Waals surface area contributed by atoms with E-state index in [1.54, 1.807) is 33.3 Å². The Morgan fingerprint density at radius 2 is 1.83 bits per heavy atom. The first-order chi connectivity index (χ1) is 16.8. The van der Waals surface area contributed by atoms with Crippen LogP contribution in [0, 0.1) is 11.8 Å². The Bertz CT molecular complexity index is 1320. The van der Waals surface area contributed by atoms with Gasteiger partial charge in [0.25, 0.3) is 5.91 Å². The zero-order valence-corrected chi connectivity index (χ0v) is 20.1. The van der Waals surface area contributed by atoms with Gasteiger partial charge in [0.1, 0.15) is 28.2 Å². The monoisotopic (exact) mass is 479 g/mol. The first-order valence-corrected chi connectivity index (χ1v) is 11.8. The topological polar surface area (TPSA) is 98.4 Å². The summed E-state index contributed by atoms with van der Waals surface area (Å²) in [4.78, 5) is 26.1. The summed E-state index contributed by atoms with van der Waals surface area (Å²) in [6, 6.07) is 9.55. The standard InChI is InChI=1S/C27H29NO7/c1-28(2)26(31)14-33-18-11-20(29)27-21(30)13-23(35-25(27)12-18)17-6-7-22(32-3)24(10-17)34-19-8-15-4-5-16(15)9-19/h6-7,10-13,15-16,19,29H,4-5,8-9,14H2,1-3H3. The Labute approximate surface area is 203 Å². The predicted octanol–water partition coefficient (Wildman–Crippen LogP) is 4.21. The first-order valence-electron chi connectivity index (χ1n) is 11.8. The Kier molecular flexibility index (Phi) is 6.05. The molecule has 0 saturated heterocycles. The number of benzene rings is 2. The molecule has 2 aliphatic rings. The summed E-state index contributed by atoms with van der Waals surface area (Å²) in [5.41, 5.74) is 0.417. The van der Waals surface area contributed by atoms with Crippen LogP contribution in [0.15, 0.2) is 45.6 Å². The lowest BCUT2D eigenvalue weighted by Crippen LogP contribution is -2.27. The van der Waals surface area contributed by atoms with Crippen molar-refractivity contribution in [3.63, 3.8) is 0 Å². The third-order valence-electron chi connectivity index (χ3n) is 7.09. The van der Waals surface area contributed by atoms with E-state index in [4.69, 9.17) is 18.6 Å². The number of hydrogen-bond acceptors (Lipinski definition) is 7. The first kappa shape index (κ1) is 23.1. The van der Waals surface area contributed by atoms with Crippen molar-refractivity contribution in [1.29, 1.82) is 0 Å². The molecule has 0 radical (unpaired) electrons. The highest BCUT2D eigenvalue weighted by molar-refractivity contribution is 5.86. The highest BCUT2D eigenvalue weighted by Gasteiger charge is 2.41. The number of likely N-dealkylation sites (N-methyl/N-ethyl adjacent to an activating group) is 1. The minimum Gasteiger partial charge on any atom is -0.507 e. The Hall–Kier alpha value is -3.68. The van der Waals surface area contributed by atoms with E-state index < -0.39 is 0 Å². The summed E-state index contributed by atoms with van der Waals surface area (Å²) < 4.78 is 23.4. The van der Waals surface area contributed by atoms with Crippen molar-refractivity contribution in [2.75, 3.05) is 27.8 Å². The number of hydrogen-bond donors (Lipinski definition) is 1. The molecule has 2 saturated carbocycles. The molecule has 3 aromatic rings. The molecule has 2 fully saturated rings. The number of carbonyl (C=O) groups is 1. The van der Waals surface area contributed by atoms with Gasteiger partial charge < -0.3 is 28.6 Å². The molecule has 1 amide bonds. The fourth-order valence-corrected chi connectivity index (χ4v) is 4.97.